The van der Waals surface area contributed by atoms with Gasteiger partial charge in [0.1, 0.15) is 5.82 Å². The molecule has 18 heavy (non-hydrogen) atoms. The Bertz CT molecular complexity index is 442. The lowest BCUT2D eigenvalue weighted by Gasteiger charge is -2.31. The molecule has 0 aliphatic carbocycles. The van der Waals surface area contributed by atoms with Crippen LogP contribution in [0.3, 0.4) is 0 Å². The van der Waals surface area contributed by atoms with Crippen LogP contribution in [0.1, 0.15) is 21.9 Å². The number of aromatic carboxylic acids is 1. The van der Waals surface area contributed by atoms with Crippen LogP contribution in [0.4, 0.5) is 0 Å². The molecule has 1 aromatic rings. The number of hydrogen-bond acceptors (Lipinski definition) is 5. The van der Waals surface area contributed by atoms with Gasteiger partial charge in [-0.15, -0.1) is 0 Å². The van der Waals surface area contributed by atoms with Crippen molar-refractivity contribution in [3.05, 3.63) is 23.3 Å². The SMILES string of the molecule is Cc1nc(CN2CCN(C)CC2)ncc1C(=O)O. The number of carbonyl (C=O) groups is 1. The highest BCUT2D eigenvalue weighted by Gasteiger charge is 2.16. The molecule has 1 aliphatic rings. The summed E-state index contributed by atoms with van der Waals surface area (Å²) in [5.41, 5.74) is 0.707. The van der Waals surface area contributed by atoms with Gasteiger partial charge in [-0.2, -0.15) is 0 Å². The summed E-state index contributed by atoms with van der Waals surface area (Å²) in [6.45, 7) is 6.49. The fourth-order valence-corrected chi connectivity index (χ4v) is 2.01. The van der Waals surface area contributed by atoms with Crippen LogP contribution in [0.2, 0.25) is 0 Å². The Labute approximate surface area is 106 Å². The highest BCUT2D eigenvalue weighted by Crippen LogP contribution is 2.07. The molecule has 0 saturated carbocycles. The number of likely N-dealkylation sites (N-methyl/N-ethyl adjacent to an activating group) is 1. The maximum atomic E-state index is 10.9. The third kappa shape index (κ3) is 3.02. The van der Waals surface area contributed by atoms with Crippen LogP contribution in [-0.2, 0) is 6.54 Å². The van der Waals surface area contributed by atoms with E-state index in [0.29, 0.717) is 18.1 Å². The average molecular weight is 250 g/mol. The van der Waals surface area contributed by atoms with Crippen molar-refractivity contribution in [2.45, 2.75) is 13.5 Å². The normalized spacial score (nSPS) is 17.9. The van der Waals surface area contributed by atoms with Crippen molar-refractivity contribution < 1.29 is 9.90 Å². The lowest BCUT2D eigenvalue weighted by atomic mass is 10.2. The van der Waals surface area contributed by atoms with Crippen molar-refractivity contribution in [3.8, 4) is 0 Å². The molecule has 98 valence electrons. The van der Waals surface area contributed by atoms with Crippen LogP contribution in [0.5, 0.6) is 0 Å². The molecular weight excluding hydrogens is 232 g/mol. The van der Waals surface area contributed by atoms with Crippen molar-refractivity contribution in [3.63, 3.8) is 0 Å². The van der Waals surface area contributed by atoms with E-state index in [-0.39, 0.29) is 5.56 Å². The van der Waals surface area contributed by atoms with Gasteiger partial charge in [-0.05, 0) is 14.0 Å². The first-order valence-electron chi connectivity index (χ1n) is 6.03. The van der Waals surface area contributed by atoms with Gasteiger partial charge in [0.05, 0.1) is 17.8 Å². The van der Waals surface area contributed by atoms with E-state index < -0.39 is 5.97 Å². The summed E-state index contributed by atoms with van der Waals surface area (Å²) in [5.74, 6) is -0.277. The number of rotatable bonds is 3. The summed E-state index contributed by atoms with van der Waals surface area (Å²) in [6, 6.07) is 0. The molecule has 0 amide bonds. The molecule has 1 fully saturated rings. The Morgan fingerprint density at radius 2 is 2.06 bits per heavy atom. The maximum absolute atomic E-state index is 10.9. The van der Waals surface area contributed by atoms with E-state index >= 15 is 0 Å². The Morgan fingerprint density at radius 3 is 2.61 bits per heavy atom. The number of aryl methyl sites for hydroxylation is 1. The summed E-state index contributed by atoms with van der Waals surface area (Å²) in [4.78, 5) is 23.8. The molecule has 0 spiro atoms. The van der Waals surface area contributed by atoms with Gasteiger partial charge in [-0.1, -0.05) is 0 Å². The van der Waals surface area contributed by atoms with Crippen LogP contribution in [-0.4, -0.2) is 64.1 Å². The van der Waals surface area contributed by atoms with Gasteiger partial charge in [-0.3, -0.25) is 4.90 Å². The molecule has 6 heteroatoms. The molecular formula is C12H18N4O2. The molecule has 0 atom stereocenters. The zero-order valence-electron chi connectivity index (χ0n) is 10.8. The Hall–Kier alpha value is -1.53. The first kappa shape index (κ1) is 12.9. The van der Waals surface area contributed by atoms with E-state index in [9.17, 15) is 4.79 Å². The number of carboxylic acids is 1. The molecule has 0 aromatic carbocycles. The van der Waals surface area contributed by atoms with Gasteiger partial charge in [0, 0.05) is 32.4 Å². The second-order valence-corrected chi connectivity index (χ2v) is 4.67. The number of piperazine rings is 1. The Kier molecular flexibility index (Phi) is 3.88. The first-order valence-corrected chi connectivity index (χ1v) is 6.03. The van der Waals surface area contributed by atoms with Crippen molar-refractivity contribution in [1.29, 1.82) is 0 Å². The molecule has 1 N–H and O–H groups in total. The quantitative estimate of drug-likeness (QED) is 0.828. The van der Waals surface area contributed by atoms with Crippen LogP contribution in [0.15, 0.2) is 6.20 Å². The number of carboxylic acid groups (broad SMARTS) is 1. The van der Waals surface area contributed by atoms with Crippen LogP contribution in [0, 0.1) is 6.92 Å². The standard InChI is InChI=1S/C12H18N4O2/c1-9-10(12(17)18)7-13-11(14-9)8-16-5-3-15(2)4-6-16/h7H,3-6,8H2,1-2H3,(H,17,18). The van der Waals surface area contributed by atoms with E-state index in [0.717, 1.165) is 26.2 Å². The second kappa shape index (κ2) is 5.41. The van der Waals surface area contributed by atoms with E-state index in [1.165, 1.54) is 6.20 Å². The number of aromatic nitrogens is 2. The van der Waals surface area contributed by atoms with Crippen molar-refractivity contribution in [2.75, 3.05) is 33.2 Å². The summed E-state index contributed by atoms with van der Waals surface area (Å²) >= 11 is 0. The topological polar surface area (TPSA) is 69.6 Å². The van der Waals surface area contributed by atoms with E-state index in [2.05, 4.69) is 26.8 Å². The van der Waals surface area contributed by atoms with Gasteiger partial charge in [0.2, 0.25) is 0 Å². The predicted octanol–water partition coefficient (Wildman–Crippen LogP) is 0.231. The van der Waals surface area contributed by atoms with Gasteiger partial charge >= 0.3 is 5.97 Å². The molecule has 2 rings (SSSR count). The van der Waals surface area contributed by atoms with E-state index in [1.807, 2.05) is 0 Å². The minimum absolute atomic E-state index is 0.178. The van der Waals surface area contributed by atoms with Crippen LogP contribution >= 0.6 is 0 Å². The lowest BCUT2D eigenvalue weighted by Crippen LogP contribution is -2.44. The molecule has 1 saturated heterocycles. The van der Waals surface area contributed by atoms with Gasteiger partial charge in [-0.25, -0.2) is 14.8 Å². The third-order valence-electron chi connectivity index (χ3n) is 3.22. The molecule has 1 aliphatic heterocycles. The molecule has 2 heterocycles. The fourth-order valence-electron chi connectivity index (χ4n) is 2.01. The average Bonchev–Trinajstić information content (AvgIpc) is 2.32. The molecule has 1 aromatic heterocycles. The van der Waals surface area contributed by atoms with Crippen LogP contribution < -0.4 is 0 Å². The smallest absolute Gasteiger partial charge is 0.339 e. The highest BCUT2D eigenvalue weighted by atomic mass is 16.4. The van der Waals surface area contributed by atoms with E-state index in [4.69, 9.17) is 5.11 Å². The summed E-state index contributed by atoms with van der Waals surface area (Å²) in [7, 11) is 2.11. The maximum Gasteiger partial charge on any atom is 0.339 e. The lowest BCUT2D eigenvalue weighted by molar-refractivity contribution is 0.0695. The molecule has 0 unspecified atom stereocenters. The zero-order valence-corrected chi connectivity index (χ0v) is 10.8. The summed E-state index contributed by atoms with van der Waals surface area (Å²) < 4.78 is 0. The van der Waals surface area contributed by atoms with Crippen molar-refractivity contribution >= 4 is 5.97 Å². The first-order chi connectivity index (χ1) is 8.56. The zero-order chi connectivity index (χ0) is 13.1. The molecule has 0 bridgehead atoms. The van der Waals surface area contributed by atoms with Crippen molar-refractivity contribution in [2.24, 2.45) is 0 Å². The highest BCUT2D eigenvalue weighted by molar-refractivity contribution is 5.88. The minimum Gasteiger partial charge on any atom is -0.478 e. The molecule has 0 radical (unpaired) electrons. The molecule has 6 nitrogen and oxygen atoms in total. The Morgan fingerprint density at radius 1 is 1.39 bits per heavy atom. The largest absolute Gasteiger partial charge is 0.478 e. The van der Waals surface area contributed by atoms with Gasteiger partial charge in [0.25, 0.3) is 0 Å². The summed E-state index contributed by atoms with van der Waals surface area (Å²) in [5, 5.41) is 8.91. The third-order valence-corrected chi connectivity index (χ3v) is 3.22. The predicted molar refractivity (Wildman–Crippen MR) is 66.5 cm³/mol. The minimum atomic E-state index is -0.973. The van der Waals surface area contributed by atoms with Crippen LogP contribution in [0.25, 0.3) is 0 Å². The van der Waals surface area contributed by atoms with Gasteiger partial charge < -0.3 is 10.0 Å². The van der Waals surface area contributed by atoms with Crippen molar-refractivity contribution in [1.82, 2.24) is 19.8 Å². The fraction of sp³-hybridized carbons (Fsp3) is 0.583. The Balaban J connectivity index is 2.02. The number of hydrogen-bond donors (Lipinski definition) is 1. The van der Waals surface area contributed by atoms with Gasteiger partial charge in [0.15, 0.2) is 0 Å². The van der Waals surface area contributed by atoms with E-state index in [1.54, 1.807) is 6.92 Å². The second-order valence-electron chi connectivity index (χ2n) is 4.67. The summed E-state index contributed by atoms with van der Waals surface area (Å²) in [6.07, 6.45) is 1.40. The monoisotopic (exact) mass is 250 g/mol. The number of nitrogens with zero attached hydrogens (tertiary/aromatic N) is 4.